The van der Waals surface area contributed by atoms with E-state index in [2.05, 4.69) is 30.4 Å². The summed E-state index contributed by atoms with van der Waals surface area (Å²) in [5.74, 6) is -1.78. The number of alkyl halides is 3. The van der Waals surface area contributed by atoms with Crippen molar-refractivity contribution in [2.75, 3.05) is 4.72 Å². The van der Waals surface area contributed by atoms with E-state index in [1.807, 2.05) is 0 Å². The zero-order valence-electron chi connectivity index (χ0n) is 16.5. The van der Waals surface area contributed by atoms with E-state index >= 15 is 0 Å². The lowest BCUT2D eigenvalue weighted by Gasteiger charge is -2.18. The van der Waals surface area contributed by atoms with E-state index in [0.717, 1.165) is 0 Å². The molecule has 0 saturated heterocycles. The Morgan fingerprint density at radius 2 is 1.65 bits per heavy atom. The van der Waals surface area contributed by atoms with Crippen LogP contribution >= 0.6 is 23.1 Å². The Balaban J connectivity index is 1.64. The maximum atomic E-state index is 13.2. The Labute approximate surface area is 197 Å². The smallest absolute Gasteiger partial charge is 0.435 e. The maximum Gasteiger partial charge on any atom is 0.435 e. The summed E-state index contributed by atoms with van der Waals surface area (Å²) in [7, 11) is -3.93. The van der Waals surface area contributed by atoms with Gasteiger partial charge >= 0.3 is 12.1 Å². The highest BCUT2D eigenvalue weighted by atomic mass is 32.2. The third-order valence-corrected chi connectivity index (χ3v) is 7.95. The first-order chi connectivity index (χ1) is 16.0. The van der Waals surface area contributed by atoms with Gasteiger partial charge in [0.2, 0.25) is 0 Å². The van der Waals surface area contributed by atoms with E-state index in [4.69, 9.17) is 5.11 Å². The standard InChI is InChI=1S/C18H11F3N6O4S3/c19-17(20,21)14-13(15(28)29)32-16(22-14)33-18(24-26-27-25-18)10-6-8-12(9-7-10)34(30,31)23-11-4-2-1-3-5-11/h1-9,23H,(H,28,29). The molecule has 3 aromatic rings. The number of halogens is 3. The third kappa shape index (κ3) is 4.78. The SMILES string of the molecule is O=C(O)c1sc(SC2(c3ccc(S(=O)(=O)Nc4ccccc4)cc3)N=NN=N2)nc1C(F)(F)F. The minimum Gasteiger partial charge on any atom is -0.477 e. The normalized spacial score (nSPS) is 14.9. The van der Waals surface area contributed by atoms with Crippen LogP contribution < -0.4 is 4.72 Å². The van der Waals surface area contributed by atoms with Crippen molar-refractivity contribution in [1.82, 2.24) is 4.98 Å². The lowest BCUT2D eigenvalue weighted by atomic mass is 10.2. The van der Waals surface area contributed by atoms with Gasteiger partial charge in [0.05, 0.1) is 4.90 Å². The van der Waals surface area contributed by atoms with Crippen LogP contribution in [-0.4, -0.2) is 24.5 Å². The average Bonchev–Trinajstić information content (AvgIpc) is 3.43. The van der Waals surface area contributed by atoms with Crippen molar-refractivity contribution in [3.05, 3.63) is 70.7 Å². The number of nitrogens with zero attached hydrogens (tertiary/aromatic N) is 5. The lowest BCUT2D eigenvalue weighted by Crippen LogP contribution is -2.16. The average molecular weight is 529 g/mol. The third-order valence-electron chi connectivity index (χ3n) is 4.27. The Morgan fingerprint density at radius 1 is 1.03 bits per heavy atom. The van der Waals surface area contributed by atoms with Crippen LogP contribution in [0.1, 0.15) is 20.9 Å². The van der Waals surface area contributed by atoms with Crippen molar-refractivity contribution in [3.63, 3.8) is 0 Å². The highest BCUT2D eigenvalue weighted by molar-refractivity contribution is 8.01. The number of carboxylic acids is 1. The summed E-state index contributed by atoms with van der Waals surface area (Å²) in [5, 5.41) is 23.7. The van der Waals surface area contributed by atoms with Gasteiger partial charge in [0.1, 0.15) is 4.88 Å². The summed E-state index contributed by atoms with van der Waals surface area (Å²) in [6.45, 7) is 0. The number of thiazole rings is 1. The predicted octanol–water partition coefficient (Wildman–Crippen LogP) is 5.40. The summed E-state index contributed by atoms with van der Waals surface area (Å²) in [6, 6.07) is 13.4. The van der Waals surface area contributed by atoms with Crippen LogP contribution in [0.15, 0.2) is 84.5 Å². The quantitative estimate of drug-likeness (QED) is 0.420. The highest BCUT2D eigenvalue weighted by Crippen LogP contribution is 2.49. The van der Waals surface area contributed by atoms with Crippen molar-refractivity contribution in [2.45, 2.75) is 20.4 Å². The number of hydrogen-bond donors (Lipinski definition) is 2. The van der Waals surface area contributed by atoms with Gasteiger partial charge in [0.25, 0.3) is 15.0 Å². The molecule has 0 bridgehead atoms. The summed E-state index contributed by atoms with van der Waals surface area (Å²) in [4.78, 5) is 11.9. The summed E-state index contributed by atoms with van der Waals surface area (Å²) in [5.41, 5.74) is -0.944. The molecule has 1 aliphatic heterocycles. The molecule has 176 valence electrons. The molecule has 0 amide bonds. The number of hydrogen-bond acceptors (Lipinski definition) is 10. The Morgan fingerprint density at radius 3 is 2.18 bits per heavy atom. The largest absolute Gasteiger partial charge is 0.477 e. The van der Waals surface area contributed by atoms with Gasteiger partial charge in [-0.15, -0.1) is 10.2 Å². The first kappa shape index (κ1) is 23.8. The molecule has 2 aromatic carbocycles. The molecule has 0 atom stereocenters. The topological polar surface area (TPSA) is 146 Å². The molecule has 0 fully saturated rings. The molecule has 10 nitrogen and oxygen atoms in total. The summed E-state index contributed by atoms with van der Waals surface area (Å²) < 4.78 is 67.0. The zero-order valence-corrected chi connectivity index (χ0v) is 18.9. The molecule has 0 unspecified atom stereocenters. The van der Waals surface area contributed by atoms with Crippen LogP contribution in [0.5, 0.6) is 0 Å². The van der Waals surface area contributed by atoms with E-state index < -0.39 is 37.7 Å². The van der Waals surface area contributed by atoms with Crippen LogP contribution in [0.3, 0.4) is 0 Å². The molecule has 0 radical (unpaired) electrons. The molecule has 0 spiro atoms. The van der Waals surface area contributed by atoms with Crippen molar-refractivity contribution >= 4 is 44.8 Å². The molecule has 1 aromatic heterocycles. The van der Waals surface area contributed by atoms with E-state index in [1.165, 1.54) is 24.3 Å². The molecule has 0 aliphatic carbocycles. The number of carbonyl (C=O) groups is 1. The van der Waals surface area contributed by atoms with Gasteiger partial charge in [-0.2, -0.15) is 13.2 Å². The monoisotopic (exact) mass is 528 g/mol. The van der Waals surface area contributed by atoms with Gasteiger partial charge in [0.15, 0.2) is 10.0 Å². The van der Waals surface area contributed by atoms with Gasteiger partial charge in [0, 0.05) is 11.3 Å². The summed E-state index contributed by atoms with van der Waals surface area (Å²) in [6.07, 6.45) is -4.98. The number of thioether (sulfide) groups is 1. The van der Waals surface area contributed by atoms with E-state index in [-0.39, 0.29) is 14.8 Å². The Bertz CT molecular complexity index is 1380. The molecule has 1 aliphatic rings. The number of aromatic carboxylic acids is 1. The lowest BCUT2D eigenvalue weighted by molar-refractivity contribution is -0.141. The number of carboxylic acid groups (broad SMARTS) is 1. The molecule has 2 N–H and O–H groups in total. The van der Waals surface area contributed by atoms with Crippen LogP contribution in [0.25, 0.3) is 0 Å². The van der Waals surface area contributed by atoms with Crippen LogP contribution in [0.4, 0.5) is 18.9 Å². The fourth-order valence-corrected chi connectivity index (χ4v) is 6.04. The highest BCUT2D eigenvalue weighted by Gasteiger charge is 2.43. The van der Waals surface area contributed by atoms with Gasteiger partial charge < -0.3 is 5.11 Å². The number of benzene rings is 2. The fraction of sp³-hybridized carbons (Fsp3) is 0.111. The van der Waals surface area contributed by atoms with Gasteiger partial charge in [-0.25, -0.2) is 18.2 Å². The maximum absolute atomic E-state index is 13.2. The van der Waals surface area contributed by atoms with Gasteiger partial charge in [-0.05, 0) is 46.5 Å². The van der Waals surface area contributed by atoms with Crippen molar-refractivity contribution in [1.29, 1.82) is 0 Å². The first-order valence-electron chi connectivity index (χ1n) is 9.03. The number of sulfonamides is 1. The Hall–Kier alpha value is -3.37. The van der Waals surface area contributed by atoms with Crippen LogP contribution in [0.2, 0.25) is 0 Å². The molecule has 16 heteroatoms. The second kappa shape index (κ2) is 8.77. The van der Waals surface area contributed by atoms with Crippen LogP contribution in [0, 0.1) is 0 Å². The number of rotatable bonds is 7. The van der Waals surface area contributed by atoms with Gasteiger partial charge in [-0.1, -0.05) is 41.7 Å². The molecule has 4 rings (SSSR count). The second-order valence-corrected chi connectivity index (χ2v) is 10.6. The number of aromatic nitrogens is 1. The number of nitrogens with one attached hydrogen (secondary N) is 1. The van der Waals surface area contributed by atoms with E-state index in [1.54, 1.807) is 30.3 Å². The van der Waals surface area contributed by atoms with Crippen molar-refractivity contribution in [2.24, 2.45) is 20.7 Å². The van der Waals surface area contributed by atoms with Crippen LogP contribution in [-0.2, 0) is 21.2 Å². The molecule has 34 heavy (non-hydrogen) atoms. The molecule has 0 saturated carbocycles. The molecule has 2 heterocycles. The minimum absolute atomic E-state index is 0.0890. The number of para-hydroxylation sites is 1. The first-order valence-corrected chi connectivity index (χ1v) is 12.1. The zero-order chi connectivity index (χ0) is 24.6. The van der Waals surface area contributed by atoms with E-state index in [9.17, 15) is 26.4 Å². The predicted molar refractivity (Wildman–Crippen MR) is 115 cm³/mol. The molecular formula is C18H11F3N6O4S3. The van der Waals surface area contributed by atoms with Crippen molar-refractivity contribution < 1.29 is 31.5 Å². The second-order valence-electron chi connectivity index (χ2n) is 6.55. The minimum atomic E-state index is -4.98. The number of anilines is 1. The Kier molecular flexibility index (Phi) is 6.13. The molecular weight excluding hydrogens is 517 g/mol. The summed E-state index contributed by atoms with van der Waals surface area (Å²) >= 11 is 0.901. The van der Waals surface area contributed by atoms with Gasteiger partial charge in [-0.3, -0.25) is 4.72 Å². The fourth-order valence-electron chi connectivity index (χ4n) is 2.77. The van der Waals surface area contributed by atoms with E-state index in [0.29, 0.717) is 28.8 Å². The van der Waals surface area contributed by atoms with Crippen molar-refractivity contribution in [3.8, 4) is 0 Å².